The lowest BCUT2D eigenvalue weighted by atomic mass is 9.73. The molecule has 0 aliphatic rings. The monoisotopic (exact) mass is 291 g/mol. The van der Waals surface area contributed by atoms with Gasteiger partial charge in [-0.25, -0.2) is 4.39 Å². The highest BCUT2D eigenvalue weighted by atomic mass is 35.5. The van der Waals surface area contributed by atoms with Crippen molar-refractivity contribution in [3.05, 3.63) is 70.5 Å². The average molecular weight is 292 g/mol. The Balaban J connectivity index is 2.39. The summed E-state index contributed by atoms with van der Waals surface area (Å²) in [6.45, 7) is 2.57. The van der Waals surface area contributed by atoms with E-state index < -0.39 is 0 Å². The van der Waals surface area contributed by atoms with Gasteiger partial charge in [0.1, 0.15) is 5.82 Å². The van der Waals surface area contributed by atoms with Crippen molar-refractivity contribution in [3.8, 4) is 0 Å². The van der Waals surface area contributed by atoms with E-state index in [-0.39, 0.29) is 11.2 Å². The second-order valence-corrected chi connectivity index (χ2v) is 5.55. The predicted molar refractivity (Wildman–Crippen MR) is 82.6 cm³/mol. The molecule has 2 aromatic carbocycles. The van der Waals surface area contributed by atoms with Gasteiger partial charge in [-0.1, -0.05) is 54.9 Å². The van der Waals surface area contributed by atoms with Crippen molar-refractivity contribution in [1.29, 1.82) is 0 Å². The van der Waals surface area contributed by atoms with E-state index in [1.807, 2.05) is 18.2 Å². The zero-order valence-corrected chi connectivity index (χ0v) is 12.3. The number of hydrogen-bond acceptors (Lipinski definition) is 1. The summed E-state index contributed by atoms with van der Waals surface area (Å²) >= 11 is 5.81. The van der Waals surface area contributed by atoms with Crippen LogP contribution in [0.25, 0.3) is 0 Å². The minimum Gasteiger partial charge on any atom is -0.330 e. The van der Waals surface area contributed by atoms with Gasteiger partial charge in [0.05, 0.1) is 0 Å². The van der Waals surface area contributed by atoms with Crippen LogP contribution < -0.4 is 5.73 Å². The van der Waals surface area contributed by atoms with E-state index in [2.05, 4.69) is 19.1 Å². The van der Waals surface area contributed by atoms with Crippen LogP contribution in [0, 0.1) is 5.82 Å². The minimum absolute atomic E-state index is 0.240. The van der Waals surface area contributed by atoms with Gasteiger partial charge in [-0.15, -0.1) is 0 Å². The molecule has 1 unspecified atom stereocenters. The van der Waals surface area contributed by atoms with Gasteiger partial charge in [0, 0.05) is 17.0 Å². The summed E-state index contributed by atoms with van der Waals surface area (Å²) in [7, 11) is 0. The normalized spacial score (nSPS) is 14.0. The topological polar surface area (TPSA) is 26.0 Å². The SMILES string of the molecule is CCC(CN)(Cc1ccc(Cl)cc1F)c1ccccc1. The molecule has 0 spiro atoms. The summed E-state index contributed by atoms with van der Waals surface area (Å²) in [6.07, 6.45) is 1.43. The molecular weight excluding hydrogens is 273 g/mol. The minimum atomic E-state index is -0.264. The lowest BCUT2D eigenvalue weighted by molar-refractivity contribution is 0.410. The first-order valence-electron chi connectivity index (χ1n) is 6.81. The third-order valence-electron chi connectivity index (χ3n) is 4.00. The van der Waals surface area contributed by atoms with Gasteiger partial charge < -0.3 is 5.73 Å². The van der Waals surface area contributed by atoms with Gasteiger partial charge in [-0.05, 0) is 36.1 Å². The molecule has 106 valence electrons. The van der Waals surface area contributed by atoms with Crippen LogP contribution in [0.3, 0.4) is 0 Å². The molecule has 2 rings (SSSR count). The average Bonchev–Trinajstić information content (AvgIpc) is 2.48. The van der Waals surface area contributed by atoms with E-state index in [1.165, 1.54) is 6.07 Å². The van der Waals surface area contributed by atoms with Crippen LogP contribution >= 0.6 is 11.6 Å². The molecule has 0 amide bonds. The fourth-order valence-corrected chi connectivity index (χ4v) is 2.75. The number of rotatable bonds is 5. The lowest BCUT2D eigenvalue weighted by Crippen LogP contribution is -2.37. The number of halogens is 2. The van der Waals surface area contributed by atoms with Crippen molar-refractivity contribution in [2.75, 3.05) is 6.54 Å². The van der Waals surface area contributed by atoms with Crippen molar-refractivity contribution >= 4 is 11.6 Å². The Labute approximate surface area is 124 Å². The van der Waals surface area contributed by atoms with E-state index in [0.717, 1.165) is 12.0 Å². The molecular formula is C17H19ClFN. The van der Waals surface area contributed by atoms with Crippen LogP contribution in [0.5, 0.6) is 0 Å². The first kappa shape index (κ1) is 15.0. The lowest BCUT2D eigenvalue weighted by Gasteiger charge is -2.32. The van der Waals surface area contributed by atoms with Crippen LogP contribution in [0.2, 0.25) is 5.02 Å². The van der Waals surface area contributed by atoms with Crippen molar-refractivity contribution in [2.24, 2.45) is 5.73 Å². The quantitative estimate of drug-likeness (QED) is 0.872. The number of nitrogens with two attached hydrogens (primary N) is 1. The molecule has 3 heteroatoms. The molecule has 0 saturated carbocycles. The molecule has 0 heterocycles. The second kappa shape index (κ2) is 6.38. The van der Waals surface area contributed by atoms with E-state index in [0.29, 0.717) is 23.6 Å². The second-order valence-electron chi connectivity index (χ2n) is 5.12. The molecule has 0 radical (unpaired) electrons. The largest absolute Gasteiger partial charge is 0.330 e. The zero-order chi connectivity index (χ0) is 14.6. The molecule has 2 N–H and O–H groups in total. The molecule has 20 heavy (non-hydrogen) atoms. The first-order chi connectivity index (χ1) is 9.61. The summed E-state index contributed by atoms with van der Waals surface area (Å²) in [4.78, 5) is 0. The maximum atomic E-state index is 14.0. The van der Waals surface area contributed by atoms with E-state index in [9.17, 15) is 4.39 Å². The van der Waals surface area contributed by atoms with Gasteiger partial charge in [0.2, 0.25) is 0 Å². The van der Waals surface area contributed by atoms with Gasteiger partial charge >= 0.3 is 0 Å². The molecule has 0 fully saturated rings. The van der Waals surface area contributed by atoms with Gasteiger partial charge in [-0.3, -0.25) is 0 Å². The fourth-order valence-electron chi connectivity index (χ4n) is 2.59. The van der Waals surface area contributed by atoms with Gasteiger partial charge in [0.15, 0.2) is 0 Å². The molecule has 1 nitrogen and oxygen atoms in total. The highest BCUT2D eigenvalue weighted by molar-refractivity contribution is 6.30. The number of benzene rings is 2. The molecule has 0 aromatic heterocycles. The summed E-state index contributed by atoms with van der Waals surface area (Å²) in [5, 5.41) is 0.417. The summed E-state index contributed by atoms with van der Waals surface area (Å²) in [6, 6.07) is 14.9. The zero-order valence-electron chi connectivity index (χ0n) is 11.6. The highest BCUT2D eigenvalue weighted by Gasteiger charge is 2.30. The summed E-state index contributed by atoms with van der Waals surface area (Å²) < 4.78 is 14.0. The molecule has 0 bridgehead atoms. The Morgan fingerprint density at radius 3 is 2.40 bits per heavy atom. The third kappa shape index (κ3) is 3.02. The van der Waals surface area contributed by atoms with Crippen molar-refractivity contribution < 1.29 is 4.39 Å². The van der Waals surface area contributed by atoms with Crippen molar-refractivity contribution in [1.82, 2.24) is 0 Å². The fraction of sp³-hybridized carbons (Fsp3) is 0.294. The highest BCUT2D eigenvalue weighted by Crippen LogP contribution is 2.32. The van der Waals surface area contributed by atoms with Gasteiger partial charge in [0.25, 0.3) is 0 Å². The Bertz CT molecular complexity index is 564. The summed E-state index contributed by atoms with van der Waals surface area (Å²) in [5.74, 6) is -0.264. The standard InChI is InChI=1S/C17H19ClFN/c1-2-17(12-20,14-6-4-3-5-7-14)11-13-8-9-15(18)10-16(13)19/h3-10H,2,11-12,20H2,1H3. The van der Waals surface area contributed by atoms with E-state index >= 15 is 0 Å². The number of hydrogen-bond donors (Lipinski definition) is 1. The maximum Gasteiger partial charge on any atom is 0.127 e. The molecule has 0 saturated heterocycles. The Morgan fingerprint density at radius 2 is 1.85 bits per heavy atom. The summed E-state index contributed by atoms with van der Waals surface area (Å²) in [5.41, 5.74) is 7.60. The van der Waals surface area contributed by atoms with Crippen LogP contribution in [0.4, 0.5) is 4.39 Å². The predicted octanol–water partition coefficient (Wildman–Crippen LogP) is 4.33. The maximum absolute atomic E-state index is 14.0. The van der Waals surface area contributed by atoms with E-state index in [1.54, 1.807) is 12.1 Å². The van der Waals surface area contributed by atoms with Crippen molar-refractivity contribution in [3.63, 3.8) is 0 Å². The van der Waals surface area contributed by atoms with Crippen molar-refractivity contribution in [2.45, 2.75) is 25.2 Å². The third-order valence-corrected chi connectivity index (χ3v) is 4.23. The van der Waals surface area contributed by atoms with Crippen LogP contribution in [0.1, 0.15) is 24.5 Å². The Hall–Kier alpha value is -1.38. The van der Waals surface area contributed by atoms with Gasteiger partial charge in [-0.2, -0.15) is 0 Å². The molecule has 0 aliphatic carbocycles. The first-order valence-corrected chi connectivity index (χ1v) is 7.18. The molecule has 0 aliphatic heterocycles. The van der Waals surface area contributed by atoms with E-state index in [4.69, 9.17) is 17.3 Å². The Kier molecular flexibility index (Phi) is 4.79. The van der Waals surface area contributed by atoms with Crippen LogP contribution in [0.15, 0.2) is 48.5 Å². The smallest absolute Gasteiger partial charge is 0.127 e. The Morgan fingerprint density at radius 1 is 1.15 bits per heavy atom. The van der Waals surface area contributed by atoms with Crippen LogP contribution in [-0.2, 0) is 11.8 Å². The van der Waals surface area contributed by atoms with Crippen LogP contribution in [-0.4, -0.2) is 6.54 Å². The molecule has 1 atom stereocenters. The molecule has 2 aromatic rings.